The fourth-order valence-electron chi connectivity index (χ4n) is 2.17. The molecule has 0 aliphatic carbocycles. The van der Waals surface area contributed by atoms with E-state index in [0.717, 1.165) is 5.56 Å². The summed E-state index contributed by atoms with van der Waals surface area (Å²) in [6.45, 7) is 5.47. The fraction of sp³-hybridized carbons (Fsp3) is 0.200. The first-order valence-electron chi connectivity index (χ1n) is 8.33. The van der Waals surface area contributed by atoms with Gasteiger partial charge < -0.3 is 20.2 Å². The largest absolute Gasteiger partial charge is 0.497 e. The van der Waals surface area contributed by atoms with Crippen molar-refractivity contribution in [1.29, 1.82) is 0 Å². The Morgan fingerprint density at radius 1 is 1.00 bits per heavy atom. The highest BCUT2D eigenvalue weighted by Crippen LogP contribution is 2.16. The van der Waals surface area contributed by atoms with E-state index in [4.69, 9.17) is 9.47 Å². The first-order chi connectivity index (χ1) is 13.0. The maximum Gasteiger partial charge on any atom is 0.276 e. The second-order valence-electron chi connectivity index (χ2n) is 5.78. The van der Waals surface area contributed by atoms with E-state index in [1.54, 1.807) is 37.4 Å². The van der Waals surface area contributed by atoms with Crippen LogP contribution in [0, 0.1) is 6.92 Å². The summed E-state index contributed by atoms with van der Waals surface area (Å²) in [4.78, 5) is 23.8. The molecule has 0 fully saturated rings. The molecular weight excluding hydrogens is 346 g/mol. The fourth-order valence-corrected chi connectivity index (χ4v) is 2.17. The van der Waals surface area contributed by atoms with Crippen molar-refractivity contribution in [3.05, 3.63) is 66.4 Å². The van der Waals surface area contributed by atoms with Crippen LogP contribution in [0.5, 0.6) is 11.5 Å². The molecule has 2 rings (SSSR count). The number of benzene rings is 2. The van der Waals surface area contributed by atoms with Gasteiger partial charge in [-0.1, -0.05) is 24.8 Å². The molecule has 2 aromatic rings. The summed E-state index contributed by atoms with van der Waals surface area (Å²) in [6, 6.07) is 14.4. The van der Waals surface area contributed by atoms with E-state index in [0.29, 0.717) is 22.9 Å². The summed E-state index contributed by atoms with van der Waals surface area (Å²) in [5.74, 6) is 0.707. The van der Waals surface area contributed by atoms with Crippen LogP contribution in [0.4, 0.5) is 5.69 Å². The van der Waals surface area contributed by atoms with Gasteiger partial charge in [0.15, 0.2) is 6.61 Å². The molecule has 0 bridgehead atoms. The van der Waals surface area contributed by atoms with Crippen LogP contribution in [-0.2, 0) is 9.59 Å². The Kier molecular flexibility index (Phi) is 7.25. The number of hydrazine groups is 1. The first-order valence-corrected chi connectivity index (χ1v) is 8.33. The summed E-state index contributed by atoms with van der Waals surface area (Å²) in [6.07, 6.45) is 0.00492. The lowest BCUT2D eigenvalue weighted by molar-refractivity contribution is -0.124. The molecule has 7 heteroatoms. The van der Waals surface area contributed by atoms with E-state index in [-0.39, 0.29) is 24.8 Å². The molecule has 0 aliphatic heterocycles. The number of para-hydroxylation sites is 1. The van der Waals surface area contributed by atoms with Gasteiger partial charge in [0.2, 0.25) is 5.91 Å². The topological polar surface area (TPSA) is 88.7 Å². The Morgan fingerprint density at radius 2 is 1.70 bits per heavy atom. The highest BCUT2D eigenvalue weighted by Gasteiger charge is 2.08. The minimum Gasteiger partial charge on any atom is -0.497 e. The van der Waals surface area contributed by atoms with Gasteiger partial charge in [-0.25, -0.2) is 0 Å². The van der Waals surface area contributed by atoms with Crippen molar-refractivity contribution >= 4 is 17.5 Å². The molecule has 7 nitrogen and oxygen atoms in total. The lowest BCUT2D eigenvalue weighted by atomic mass is 10.2. The molecule has 3 N–H and O–H groups in total. The predicted molar refractivity (Wildman–Crippen MR) is 103 cm³/mol. The number of aryl methyl sites for hydroxylation is 1. The maximum atomic E-state index is 12.0. The number of nitrogens with one attached hydrogen (secondary N) is 3. The number of hydrogen-bond acceptors (Lipinski definition) is 5. The zero-order chi connectivity index (χ0) is 19.6. The maximum absolute atomic E-state index is 12.0. The van der Waals surface area contributed by atoms with Crippen molar-refractivity contribution in [3.63, 3.8) is 0 Å². The molecule has 0 heterocycles. The number of anilines is 1. The van der Waals surface area contributed by atoms with Gasteiger partial charge in [0.25, 0.3) is 5.91 Å². The lowest BCUT2D eigenvalue weighted by Gasteiger charge is -2.12. The van der Waals surface area contributed by atoms with E-state index in [1.165, 1.54) is 0 Å². The number of carbonyl (C=O) groups excluding carboxylic acids is 2. The van der Waals surface area contributed by atoms with Crippen molar-refractivity contribution in [1.82, 2.24) is 10.9 Å². The predicted octanol–water partition coefficient (Wildman–Crippen LogP) is 2.55. The van der Waals surface area contributed by atoms with Gasteiger partial charge in [0.05, 0.1) is 13.5 Å². The van der Waals surface area contributed by atoms with Crippen LogP contribution in [0.25, 0.3) is 0 Å². The summed E-state index contributed by atoms with van der Waals surface area (Å²) in [7, 11) is 1.57. The zero-order valence-corrected chi connectivity index (χ0v) is 15.4. The van der Waals surface area contributed by atoms with E-state index < -0.39 is 0 Å². The molecule has 2 aromatic carbocycles. The highest BCUT2D eigenvalue weighted by molar-refractivity contribution is 5.92. The molecule has 0 atom stereocenters. The number of amides is 2. The van der Waals surface area contributed by atoms with Crippen LogP contribution in [0.3, 0.4) is 0 Å². The first kappa shape index (κ1) is 19.8. The van der Waals surface area contributed by atoms with Crippen LogP contribution >= 0.6 is 0 Å². The Balaban J connectivity index is 1.69. The summed E-state index contributed by atoms with van der Waals surface area (Å²) in [5, 5.41) is 2.73. The molecule has 2 amide bonds. The van der Waals surface area contributed by atoms with Gasteiger partial charge in [-0.3, -0.25) is 15.0 Å². The van der Waals surface area contributed by atoms with Crippen molar-refractivity contribution in [2.75, 3.05) is 19.0 Å². The van der Waals surface area contributed by atoms with Crippen molar-refractivity contribution in [3.8, 4) is 11.5 Å². The second-order valence-corrected chi connectivity index (χ2v) is 5.78. The Bertz CT molecular complexity index is 803. The Labute approximate surface area is 158 Å². The quantitative estimate of drug-likeness (QED) is 0.591. The smallest absolute Gasteiger partial charge is 0.276 e. The van der Waals surface area contributed by atoms with E-state index >= 15 is 0 Å². The standard InChI is InChI=1S/C20H23N3O4/c1-14-6-4-5-7-18(14)27-13-20(25)23-22-15(2)12-19(24)21-16-8-10-17(26-3)11-9-16/h4-11,22H,2,12-13H2,1,3H3,(H,21,24)(H,23,25). The molecule has 0 unspecified atom stereocenters. The Hall–Kier alpha value is -3.48. The second kappa shape index (κ2) is 9.86. The molecule has 0 saturated carbocycles. The summed E-state index contributed by atoms with van der Waals surface area (Å²) in [5.41, 5.74) is 7.00. The molecular formula is C20H23N3O4. The SMILES string of the molecule is C=C(CC(=O)Nc1ccc(OC)cc1)NNC(=O)COc1ccccc1C. The van der Waals surface area contributed by atoms with Crippen LogP contribution in [0.1, 0.15) is 12.0 Å². The van der Waals surface area contributed by atoms with Gasteiger partial charge in [-0.15, -0.1) is 0 Å². The molecule has 142 valence electrons. The summed E-state index contributed by atoms with van der Waals surface area (Å²) >= 11 is 0. The minimum absolute atomic E-state index is 0.00492. The summed E-state index contributed by atoms with van der Waals surface area (Å²) < 4.78 is 10.5. The molecule has 0 spiro atoms. The zero-order valence-electron chi connectivity index (χ0n) is 15.4. The third-order valence-corrected chi connectivity index (χ3v) is 3.58. The van der Waals surface area contributed by atoms with Gasteiger partial charge in [-0.2, -0.15) is 0 Å². The monoisotopic (exact) mass is 369 g/mol. The highest BCUT2D eigenvalue weighted by atomic mass is 16.5. The Morgan fingerprint density at radius 3 is 2.37 bits per heavy atom. The van der Waals surface area contributed by atoms with Crippen LogP contribution in [0.15, 0.2) is 60.8 Å². The van der Waals surface area contributed by atoms with Crippen LogP contribution in [-0.4, -0.2) is 25.5 Å². The molecule has 0 radical (unpaired) electrons. The average molecular weight is 369 g/mol. The third kappa shape index (κ3) is 6.74. The van der Waals surface area contributed by atoms with Crippen molar-refractivity contribution in [2.45, 2.75) is 13.3 Å². The van der Waals surface area contributed by atoms with Gasteiger partial charge >= 0.3 is 0 Å². The number of ether oxygens (including phenoxy) is 2. The van der Waals surface area contributed by atoms with Crippen LogP contribution < -0.4 is 25.6 Å². The van der Waals surface area contributed by atoms with Crippen molar-refractivity contribution < 1.29 is 19.1 Å². The third-order valence-electron chi connectivity index (χ3n) is 3.58. The number of hydrogen-bond donors (Lipinski definition) is 3. The van der Waals surface area contributed by atoms with Gasteiger partial charge in [0.1, 0.15) is 11.5 Å². The van der Waals surface area contributed by atoms with Gasteiger partial charge in [0, 0.05) is 11.4 Å². The number of carbonyl (C=O) groups is 2. The van der Waals surface area contributed by atoms with E-state index in [2.05, 4.69) is 22.7 Å². The molecule has 0 aromatic heterocycles. The van der Waals surface area contributed by atoms with E-state index in [9.17, 15) is 9.59 Å². The normalized spacial score (nSPS) is 9.85. The minimum atomic E-state index is -0.380. The molecule has 0 aliphatic rings. The molecule has 0 saturated heterocycles. The van der Waals surface area contributed by atoms with Crippen molar-refractivity contribution in [2.24, 2.45) is 0 Å². The number of methoxy groups -OCH3 is 1. The van der Waals surface area contributed by atoms with Gasteiger partial charge in [-0.05, 0) is 42.8 Å². The van der Waals surface area contributed by atoms with E-state index in [1.807, 2.05) is 25.1 Å². The average Bonchev–Trinajstić information content (AvgIpc) is 2.66. The molecule has 27 heavy (non-hydrogen) atoms. The van der Waals surface area contributed by atoms with Crippen LogP contribution in [0.2, 0.25) is 0 Å². The lowest BCUT2D eigenvalue weighted by Crippen LogP contribution is -2.40. The number of rotatable bonds is 9.